The number of nitrogens with zero attached hydrogens (tertiary/aromatic N) is 4. The third-order valence-corrected chi connectivity index (χ3v) is 4.98. The molecule has 6 nitrogen and oxygen atoms in total. The fourth-order valence-electron chi connectivity index (χ4n) is 3.58. The molecule has 1 amide bonds. The summed E-state index contributed by atoms with van der Waals surface area (Å²) in [6, 6.07) is 5.81. The number of hydrogen-bond donors (Lipinski definition) is 1. The zero-order valence-electron chi connectivity index (χ0n) is 13.8. The number of fused-ring (bicyclic) bond motifs is 2. The highest BCUT2D eigenvalue weighted by atomic mass is 35.5. The third kappa shape index (κ3) is 2.86. The topological polar surface area (TPSA) is 81.9 Å². The predicted molar refractivity (Wildman–Crippen MR) is 93.7 cm³/mol. The lowest BCUT2D eigenvalue weighted by Gasteiger charge is -2.12. The molecule has 26 heavy (non-hydrogen) atoms. The van der Waals surface area contributed by atoms with Gasteiger partial charge in [-0.05, 0) is 36.1 Å². The number of carbonyl (C=O) groups is 1. The fourth-order valence-corrected chi connectivity index (χ4v) is 3.82. The van der Waals surface area contributed by atoms with Crippen LogP contribution >= 0.6 is 11.6 Å². The number of nitrogens with one attached hydrogen (secondary N) is 1. The van der Waals surface area contributed by atoms with Crippen LogP contribution in [0.15, 0.2) is 18.3 Å². The maximum absolute atomic E-state index is 12.5. The van der Waals surface area contributed by atoms with Crippen molar-refractivity contribution in [2.75, 3.05) is 18.5 Å². The molecule has 1 aliphatic carbocycles. The van der Waals surface area contributed by atoms with E-state index in [9.17, 15) is 14.4 Å². The largest absolute Gasteiger partial charge is 0.351 e. The van der Waals surface area contributed by atoms with E-state index >= 15 is 0 Å². The van der Waals surface area contributed by atoms with Crippen LogP contribution in [0.25, 0.3) is 0 Å². The maximum atomic E-state index is 12.5. The predicted octanol–water partition coefficient (Wildman–Crippen LogP) is 2.51. The molecule has 0 saturated carbocycles. The van der Waals surface area contributed by atoms with Crippen molar-refractivity contribution in [1.29, 1.82) is 5.26 Å². The highest BCUT2D eigenvalue weighted by molar-refractivity contribution is 6.30. The lowest BCUT2D eigenvalue weighted by atomic mass is 10.0. The van der Waals surface area contributed by atoms with Crippen molar-refractivity contribution in [3.63, 3.8) is 0 Å². The standard InChI is InChI=1S/C18H15ClFN5O/c19-12-3-10-5-13(6-14(10)11(4-12)7-21)23-18-22-8-15-16(24-18)9-25(2-1-20)17(15)26/h3-4,8,13H,1-2,5-6,9H2,(H,22,23,24)/t13-/m0/s1. The molecule has 0 saturated heterocycles. The Hall–Kier alpha value is -2.72. The Kier molecular flexibility index (Phi) is 4.21. The molecule has 4 rings (SSSR count). The van der Waals surface area contributed by atoms with Crippen LogP contribution in [0, 0.1) is 11.3 Å². The Balaban J connectivity index is 1.51. The molecule has 2 aromatic rings. The monoisotopic (exact) mass is 371 g/mol. The van der Waals surface area contributed by atoms with E-state index in [1.807, 2.05) is 6.07 Å². The molecule has 132 valence electrons. The van der Waals surface area contributed by atoms with Crippen LogP contribution in [0.1, 0.15) is 32.7 Å². The van der Waals surface area contributed by atoms with Gasteiger partial charge in [0.25, 0.3) is 5.91 Å². The third-order valence-electron chi connectivity index (χ3n) is 4.76. The number of amides is 1. The molecule has 2 aliphatic rings. The average molecular weight is 372 g/mol. The van der Waals surface area contributed by atoms with Crippen LogP contribution in [-0.4, -0.2) is 40.0 Å². The van der Waals surface area contributed by atoms with E-state index in [0.717, 1.165) is 17.5 Å². The highest BCUT2D eigenvalue weighted by Crippen LogP contribution is 2.30. The normalized spacial score (nSPS) is 17.8. The molecule has 1 aliphatic heterocycles. The molecule has 0 spiro atoms. The van der Waals surface area contributed by atoms with Gasteiger partial charge in [-0.25, -0.2) is 14.4 Å². The first-order chi connectivity index (χ1) is 12.6. The Morgan fingerprint density at radius 3 is 3.04 bits per heavy atom. The Labute approximate surface area is 154 Å². The van der Waals surface area contributed by atoms with Gasteiger partial charge in [0.15, 0.2) is 0 Å². The first-order valence-electron chi connectivity index (χ1n) is 8.28. The minimum atomic E-state index is -0.581. The Morgan fingerprint density at radius 1 is 1.42 bits per heavy atom. The van der Waals surface area contributed by atoms with Gasteiger partial charge in [-0.2, -0.15) is 5.26 Å². The van der Waals surface area contributed by atoms with Gasteiger partial charge in [0.1, 0.15) is 6.67 Å². The first kappa shape index (κ1) is 16.7. The zero-order chi connectivity index (χ0) is 18.3. The smallest absolute Gasteiger partial charge is 0.257 e. The molecule has 0 fully saturated rings. The number of benzene rings is 1. The number of hydrogen-bond acceptors (Lipinski definition) is 5. The highest BCUT2D eigenvalue weighted by Gasteiger charge is 2.30. The molecule has 0 unspecified atom stereocenters. The average Bonchev–Trinajstić information content (AvgIpc) is 3.15. The minimum Gasteiger partial charge on any atom is -0.351 e. The van der Waals surface area contributed by atoms with Crippen molar-refractivity contribution < 1.29 is 9.18 Å². The number of anilines is 1. The summed E-state index contributed by atoms with van der Waals surface area (Å²) in [5, 5.41) is 13.1. The summed E-state index contributed by atoms with van der Waals surface area (Å²) in [4.78, 5) is 22.2. The SMILES string of the molecule is N#Cc1cc(Cl)cc2c1C[C@@H](Nc1ncc3c(n1)CN(CCF)C3=O)C2. The van der Waals surface area contributed by atoms with E-state index < -0.39 is 6.67 Å². The second kappa shape index (κ2) is 6.54. The summed E-state index contributed by atoms with van der Waals surface area (Å²) in [5.41, 5.74) is 3.69. The second-order valence-corrected chi connectivity index (χ2v) is 6.86. The van der Waals surface area contributed by atoms with E-state index in [1.54, 1.807) is 6.07 Å². The molecule has 1 N–H and O–H groups in total. The van der Waals surface area contributed by atoms with Crippen molar-refractivity contribution in [1.82, 2.24) is 14.9 Å². The number of nitriles is 1. The van der Waals surface area contributed by atoms with Gasteiger partial charge >= 0.3 is 0 Å². The second-order valence-electron chi connectivity index (χ2n) is 6.42. The van der Waals surface area contributed by atoms with Gasteiger partial charge in [0.05, 0.1) is 29.4 Å². The van der Waals surface area contributed by atoms with Crippen molar-refractivity contribution >= 4 is 23.5 Å². The summed E-state index contributed by atoms with van der Waals surface area (Å²) >= 11 is 6.07. The van der Waals surface area contributed by atoms with Crippen LogP contribution in [0.5, 0.6) is 0 Å². The summed E-state index contributed by atoms with van der Waals surface area (Å²) in [7, 11) is 0. The van der Waals surface area contributed by atoms with Crippen molar-refractivity contribution in [2.45, 2.75) is 25.4 Å². The van der Waals surface area contributed by atoms with Gasteiger partial charge in [-0.15, -0.1) is 0 Å². The molecular formula is C18H15ClFN5O. The quantitative estimate of drug-likeness (QED) is 0.893. The van der Waals surface area contributed by atoms with Gasteiger partial charge in [0.2, 0.25) is 5.95 Å². The summed E-state index contributed by atoms with van der Waals surface area (Å²) in [5.74, 6) is 0.201. The van der Waals surface area contributed by atoms with E-state index in [-0.39, 0.29) is 18.5 Å². The van der Waals surface area contributed by atoms with E-state index in [2.05, 4.69) is 21.4 Å². The minimum absolute atomic E-state index is 0.0488. The number of aromatic nitrogens is 2. The summed E-state index contributed by atoms with van der Waals surface area (Å²) in [6.07, 6.45) is 2.89. The van der Waals surface area contributed by atoms with E-state index in [1.165, 1.54) is 11.1 Å². The molecule has 0 radical (unpaired) electrons. The summed E-state index contributed by atoms with van der Waals surface area (Å²) < 4.78 is 12.5. The Bertz CT molecular complexity index is 942. The van der Waals surface area contributed by atoms with Crippen molar-refractivity contribution in [3.8, 4) is 6.07 Å². The fraction of sp³-hybridized carbons (Fsp3) is 0.333. The van der Waals surface area contributed by atoms with Crippen molar-refractivity contribution in [2.24, 2.45) is 0 Å². The van der Waals surface area contributed by atoms with Crippen LogP contribution in [0.2, 0.25) is 5.02 Å². The first-order valence-corrected chi connectivity index (χ1v) is 8.66. The molecule has 1 aromatic heterocycles. The van der Waals surface area contributed by atoms with Gasteiger partial charge in [-0.1, -0.05) is 11.6 Å². The van der Waals surface area contributed by atoms with Gasteiger partial charge in [-0.3, -0.25) is 4.79 Å². The molecule has 1 atom stereocenters. The van der Waals surface area contributed by atoms with Crippen LogP contribution in [0.3, 0.4) is 0 Å². The van der Waals surface area contributed by atoms with Crippen LogP contribution in [-0.2, 0) is 19.4 Å². The van der Waals surface area contributed by atoms with Gasteiger partial charge in [0, 0.05) is 23.8 Å². The molecule has 1 aromatic carbocycles. The lowest BCUT2D eigenvalue weighted by Crippen LogP contribution is -2.26. The molecular weight excluding hydrogens is 357 g/mol. The number of carbonyl (C=O) groups excluding carboxylic acids is 1. The maximum Gasteiger partial charge on any atom is 0.257 e. The van der Waals surface area contributed by atoms with E-state index in [0.29, 0.717) is 40.8 Å². The number of halogens is 2. The van der Waals surface area contributed by atoms with Crippen LogP contribution in [0.4, 0.5) is 10.3 Å². The molecule has 2 heterocycles. The molecule has 8 heteroatoms. The van der Waals surface area contributed by atoms with Crippen molar-refractivity contribution in [3.05, 3.63) is 51.3 Å². The number of rotatable bonds is 4. The Morgan fingerprint density at radius 2 is 2.27 bits per heavy atom. The zero-order valence-corrected chi connectivity index (χ0v) is 14.6. The van der Waals surface area contributed by atoms with Crippen LogP contribution < -0.4 is 5.32 Å². The van der Waals surface area contributed by atoms with Gasteiger partial charge < -0.3 is 10.2 Å². The lowest BCUT2D eigenvalue weighted by molar-refractivity contribution is 0.0767. The molecule has 0 bridgehead atoms. The van der Waals surface area contributed by atoms with E-state index in [4.69, 9.17) is 11.6 Å². The summed E-state index contributed by atoms with van der Waals surface area (Å²) in [6.45, 7) is -0.218. The number of alkyl halides is 1.